The highest BCUT2D eigenvalue weighted by atomic mass is 16.6. The van der Waals surface area contributed by atoms with Crippen LogP contribution in [0.1, 0.15) is 34.1 Å². The molecule has 2 heterocycles. The Labute approximate surface area is 190 Å². The topological polar surface area (TPSA) is 64.7 Å². The van der Waals surface area contributed by atoms with Gasteiger partial charge in [0, 0.05) is 27.9 Å². The summed E-state index contributed by atoms with van der Waals surface area (Å²) in [5.74, 6) is 1.43. The normalized spacial score (nSPS) is 20.5. The molecule has 0 amide bonds. The highest BCUT2D eigenvalue weighted by Gasteiger charge is 2.52. The minimum absolute atomic E-state index is 0.702. The molecule has 160 valence electrons. The fourth-order valence-corrected chi connectivity index (χ4v) is 5.42. The zero-order chi connectivity index (χ0) is 22.3. The fourth-order valence-electron chi connectivity index (χ4n) is 5.42. The Kier molecular flexibility index (Phi) is 3.59. The lowest BCUT2D eigenvalue weighted by atomic mass is 9.76. The first-order valence-corrected chi connectivity index (χ1v) is 11.0. The molecule has 7 rings (SSSR count). The van der Waals surface area contributed by atoms with Gasteiger partial charge in [-0.3, -0.25) is 0 Å². The number of nitrogens with two attached hydrogens (primary N) is 1. The monoisotopic (exact) mass is 431 g/mol. The predicted octanol–water partition coefficient (Wildman–Crippen LogP) is 6.30. The van der Waals surface area contributed by atoms with Crippen LogP contribution in [-0.2, 0) is 10.3 Å². The number of aliphatic hydroxyl groups excluding tert-OH is 1. The van der Waals surface area contributed by atoms with Gasteiger partial charge >= 0.3 is 0 Å². The van der Waals surface area contributed by atoms with E-state index < -0.39 is 11.9 Å². The molecule has 0 fully saturated rings. The number of benzene rings is 5. The van der Waals surface area contributed by atoms with Crippen LogP contribution in [0, 0.1) is 6.92 Å². The number of rotatable bonds is 0. The molecule has 0 saturated heterocycles. The minimum Gasteiger partial charge on any atom is -0.456 e. The molecule has 2 unspecified atom stereocenters. The van der Waals surface area contributed by atoms with E-state index in [9.17, 15) is 5.11 Å². The summed E-state index contributed by atoms with van der Waals surface area (Å²) in [7, 11) is 0. The van der Waals surface area contributed by atoms with Crippen molar-refractivity contribution in [3.8, 4) is 11.5 Å². The average Bonchev–Trinajstić information content (AvgIpc) is 3.10. The van der Waals surface area contributed by atoms with Gasteiger partial charge in [-0.15, -0.1) is 0 Å². The summed E-state index contributed by atoms with van der Waals surface area (Å²) >= 11 is 0. The van der Waals surface area contributed by atoms with Crippen LogP contribution >= 0.6 is 0 Å². The lowest BCUT2D eigenvalue weighted by molar-refractivity contribution is -0.142. The molecule has 5 aromatic rings. The Balaban J connectivity index is 1.61. The van der Waals surface area contributed by atoms with Gasteiger partial charge in [0.15, 0.2) is 11.9 Å². The molecular formula is C29H21NO3. The molecule has 5 aromatic carbocycles. The van der Waals surface area contributed by atoms with E-state index in [0.29, 0.717) is 11.4 Å². The molecule has 0 radical (unpaired) electrons. The van der Waals surface area contributed by atoms with E-state index in [1.165, 1.54) is 5.56 Å². The van der Waals surface area contributed by atoms with Crippen LogP contribution in [-0.4, -0.2) is 5.11 Å². The van der Waals surface area contributed by atoms with Gasteiger partial charge in [-0.05, 0) is 64.9 Å². The molecule has 33 heavy (non-hydrogen) atoms. The smallest absolute Gasteiger partial charge is 0.183 e. The van der Waals surface area contributed by atoms with Gasteiger partial charge in [-0.1, -0.05) is 54.1 Å². The maximum atomic E-state index is 11.0. The summed E-state index contributed by atoms with van der Waals surface area (Å²) in [6, 6.07) is 28.4. The van der Waals surface area contributed by atoms with Crippen LogP contribution in [0.2, 0.25) is 0 Å². The number of hydrogen-bond donors (Lipinski definition) is 2. The van der Waals surface area contributed by atoms with Crippen molar-refractivity contribution >= 4 is 27.2 Å². The molecule has 0 aliphatic carbocycles. The molecule has 4 nitrogen and oxygen atoms in total. The third kappa shape index (κ3) is 2.48. The van der Waals surface area contributed by atoms with E-state index in [4.69, 9.17) is 15.2 Å². The Morgan fingerprint density at radius 3 is 2.15 bits per heavy atom. The lowest BCUT2D eigenvalue weighted by Crippen LogP contribution is -2.32. The minimum atomic E-state index is -1.03. The van der Waals surface area contributed by atoms with E-state index in [1.54, 1.807) is 0 Å². The number of aryl methyl sites for hydroxylation is 1. The second-order valence-electron chi connectivity index (χ2n) is 8.99. The van der Waals surface area contributed by atoms with Crippen molar-refractivity contribution in [1.29, 1.82) is 0 Å². The third-order valence-electron chi connectivity index (χ3n) is 6.93. The van der Waals surface area contributed by atoms with Gasteiger partial charge in [0.25, 0.3) is 0 Å². The fraction of sp³-hybridized carbons (Fsp3) is 0.103. The second-order valence-corrected chi connectivity index (χ2v) is 8.99. The van der Waals surface area contributed by atoms with Gasteiger partial charge in [0.2, 0.25) is 0 Å². The Bertz CT molecular complexity index is 1530. The summed E-state index contributed by atoms with van der Waals surface area (Å²) in [6.45, 7) is 2.08. The van der Waals surface area contributed by atoms with Crippen molar-refractivity contribution in [3.05, 3.63) is 113 Å². The standard InChI is InChI=1S/C29H21NO3/c1-16-6-7-17-12-24-26(14-19(17)10-16)32-27-15-20-11-21(30)9-8-18(20)13-25(27)29(24)23-5-3-2-4-22(23)28(31)33-29/h2-15,28,31H,30H2,1H3. The molecule has 3 N–H and O–H groups in total. The van der Waals surface area contributed by atoms with E-state index in [-0.39, 0.29) is 0 Å². The van der Waals surface area contributed by atoms with Crippen molar-refractivity contribution in [2.24, 2.45) is 0 Å². The summed E-state index contributed by atoms with van der Waals surface area (Å²) < 4.78 is 13.0. The van der Waals surface area contributed by atoms with Gasteiger partial charge in [0.05, 0.1) is 0 Å². The molecule has 0 saturated carbocycles. The van der Waals surface area contributed by atoms with Crippen LogP contribution in [0.5, 0.6) is 11.5 Å². The van der Waals surface area contributed by atoms with E-state index in [1.807, 2.05) is 48.5 Å². The third-order valence-corrected chi connectivity index (χ3v) is 6.93. The van der Waals surface area contributed by atoms with Gasteiger partial charge in [-0.2, -0.15) is 0 Å². The van der Waals surface area contributed by atoms with Crippen LogP contribution in [0.15, 0.2) is 84.9 Å². The highest BCUT2D eigenvalue weighted by molar-refractivity contribution is 5.91. The number of ether oxygens (including phenoxy) is 2. The van der Waals surface area contributed by atoms with E-state index in [0.717, 1.165) is 49.5 Å². The lowest BCUT2D eigenvalue weighted by Gasteiger charge is -2.38. The predicted molar refractivity (Wildman–Crippen MR) is 129 cm³/mol. The van der Waals surface area contributed by atoms with Crippen LogP contribution in [0.4, 0.5) is 5.69 Å². The first-order valence-electron chi connectivity index (χ1n) is 11.0. The maximum Gasteiger partial charge on any atom is 0.183 e. The Morgan fingerprint density at radius 2 is 1.39 bits per heavy atom. The van der Waals surface area contributed by atoms with Gasteiger partial charge < -0.3 is 20.3 Å². The van der Waals surface area contributed by atoms with Gasteiger partial charge in [0.1, 0.15) is 11.5 Å². The summed E-state index contributed by atoms with van der Waals surface area (Å²) in [6.07, 6.45) is -1.03. The number of fused-ring (bicyclic) bond motifs is 8. The van der Waals surface area contributed by atoms with Crippen LogP contribution in [0.3, 0.4) is 0 Å². The van der Waals surface area contributed by atoms with Crippen molar-refractivity contribution in [1.82, 2.24) is 0 Å². The van der Waals surface area contributed by atoms with Crippen molar-refractivity contribution in [2.45, 2.75) is 18.8 Å². The van der Waals surface area contributed by atoms with E-state index >= 15 is 0 Å². The Hall–Kier alpha value is -3.86. The van der Waals surface area contributed by atoms with Gasteiger partial charge in [-0.25, -0.2) is 0 Å². The first-order chi connectivity index (χ1) is 16.0. The van der Waals surface area contributed by atoms with E-state index in [2.05, 4.69) is 43.3 Å². The average molecular weight is 431 g/mol. The van der Waals surface area contributed by atoms with Crippen molar-refractivity contribution in [3.63, 3.8) is 0 Å². The van der Waals surface area contributed by atoms with Crippen molar-refractivity contribution < 1.29 is 14.6 Å². The molecule has 2 atom stereocenters. The van der Waals surface area contributed by atoms with Crippen molar-refractivity contribution in [2.75, 3.05) is 5.73 Å². The molecular weight excluding hydrogens is 410 g/mol. The number of hydrogen-bond acceptors (Lipinski definition) is 4. The largest absolute Gasteiger partial charge is 0.456 e. The zero-order valence-corrected chi connectivity index (χ0v) is 18.0. The number of anilines is 1. The Morgan fingerprint density at radius 1 is 0.727 bits per heavy atom. The van der Waals surface area contributed by atoms with Crippen LogP contribution < -0.4 is 10.5 Å². The summed E-state index contributed by atoms with van der Waals surface area (Å²) in [5, 5.41) is 15.2. The SMILES string of the molecule is Cc1ccc2cc3c(cc2c1)Oc1cc2cc(N)ccc2cc1C31OC(O)c2ccccc21. The first kappa shape index (κ1) is 18.7. The molecule has 0 bridgehead atoms. The molecule has 1 spiro atoms. The molecule has 2 aliphatic heterocycles. The molecule has 2 aliphatic rings. The maximum absolute atomic E-state index is 11.0. The molecule has 4 heteroatoms. The van der Waals surface area contributed by atoms with Crippen LogP contribution in [0.25, 0.3) is 21.5 Å². The molecule has 0 aromatic heterocycles. The zero-order valence-electron chi connectivity index (χ0n) is 18.0. The highest BCUT2D eigenvalue weighted by Crippen LogP contribution is 2.59. The summed E-state index contributed by atoms with van der Waals surface area (Å²) in [4.78, 5) is 0. The number of aliphatic hydroxyl groups is 1. The number of nitrogen functional groups attached to an aromatic ring is 1. The quantitative estimate of drug-likeness (QED) is 0.282. The second kappa shape index (κ2) is 6.35. The summed E-state index contributed by atoms with van der Waals surface area (Å²) in [5.41, 5.74) is 10.4.